The maximum absolute atomic E-state index is 12.3. The van der Waals surface area contributed by atoms with Gasteiger partial charge in [0.05, 0.1) is 0 Å². The summed E-state index contributed by atoms with van der Waals surface area (Å²) in [6.07, 6.45) is -2.66. The molecule has 1 heterocycles. The number of phenols is 1. The van der Waals surface area contributed by atoms with E-state index in [0.29, 0.717) is 0 Å². The quantitative estimate of drug-likeness (QED) is 0.901. The number of benzene rings is 1. The van der Waals surface area contributed by atoms with Gasteiger partial charge in [0.2, 0.25) is 0 Å². The van der Waals surface area contributed by atoms with Crippen molar-refractivity contribution in [2.75, 3.05) is 5.32 Å². The van der Waals surface area contributed by atoms with E-state index >= 15 is 0 Å². The summed E-state index contributed by atoms with van der Waals surface area (Å²) in [4.78, 5) is 11.7. The Morgan fingerprint density at radius 3 is 2.78 bits per heavy atom. The Bertz CT molecular complexity index is 572. The molecule has 18 heavy (non-hydrogen) atoms. The number of hydrogen-bond acceptors (Lipinski definition) is 4. The molecular formula is C11H8F2N2O2S. The lowest BCUT2D eigenvalue weighted by Gasteiger charge is -2.02. The zero-order valence-corrected chi connectivity index (χ0v) is 9.75. The highest BCUT2D eigenvalue weighted by Gasteiger charge is 2.14. The molecule has 0 aliphatic heterocycles. The van der Waals surface area contributed by atoms with Gasteiger partial charge < -0.3 is 10.4 Å². The zero-order valence-electron chi connectivity index (χ0n) is 8.93. The van der Waals surface area contributed by atoms with Crippen molar-refractivity contribution in [2.45, 2.75) is 6.43 Å². The molecule has 0 radical (unpaired) electrons. The third-order valence-electron chi connectivity index (χ3n) is 2.10. The van der Waals surface area contributed by atoms with Crippen LogP contribution in [0, 0.1) is 0 Å². The minimum absolute atomic E-state index is 0.0415. The number of alkyl halides is 2. The van der Waals surface area contributed by atoms with Crippen molar-refractivity contribution in [3.63, 3.8) is 0 Å². The monoisotopic (exact) mass is 270 g/mol. The fraction of sp³-hybridized carbons (Fsp3) is 0.0909. The summed E-state index contributed by atoms with van der Waals surface area (Å²) >= 11 is 0.781. The van der Waals surface area contributed by atoms with E-state index in [9.17, 15) is 18.7 Å². The van der Waals surface area contributed by atoms with Gasteiger partial charge in [0.15, 0.2) is 0 Å². The van der Waals surface area contributed by atoms with Crippen molar-refractivity contribution >= 4 is 22.4 Å². The smallest absolute Gasteiger partial charge is 0.281 e. The molecule has 2 aromatic rings. The van der Waals surface area contributed by atoms with Crippen LogP contribution in [0.2, 0.25) is 0 Å². The van der Waals surface area contributed by atoms with Crippen LogP contribution in [-0.2, 0) is 0 Å². The zero-order chi connectivity index (χ0) is 13.1. The van der Waals surface area contributed by atoms with E-state index in [2.05, 4.69) is 9.69 Å². The second-order valence-electron chi connectivity index (χ2n) is 3.42. The fourth-order valence-corrected chi connectivity index (χ4v) is 1.93. The average Bonchev–Trinajstić information content (AvgIpc) is 2.77. The van der Waals surface area contributed by atoms with Crippen molar-refractivity contribution in [2.24, 2.45) is 0 Å². The van der Waals surface area contributed by atoms with E-state index in [0.717, 1.165) is 17.6 Å². The Balaban J connectivity index is 2.11. The minimum atomic E-state index is -2.66. The number of rotatable bonds is 3. The van der Waals surface area contributed by atoms with Crippen LogP contribution in [0.3, 0.4) is 0 Å². The van der Waals surface area contributed by atoms with Crippen molar-refractivity contribution in [1.82, 2.24) is 4.37 Å². The van der Waals surface area contributed by atoms with E-state index in [1.807, 2.05) is 0 Å². The van der Waals surface area contributed by atoms with E-state index in [1.165, 1.54) is 24.3 Å². The number of phenolic OH excluding ortho intramolecular Hbond substituents is 1. The number of halogens is 2. The molecule has 0 saturated heterocycles. The van der Waals surface area contributed by atoms with E-state index in [1.54, 1.807) is 0 Å². The second-order valence-corrected chi connectivity index (χ2v) is 4.23. The summed E-state index contributed by atoms with van der Waals surface area (Å²) in [6.45, 7) is 0. The molecule has 4 nitrogen and oxygen atoms in total. The lowest BCUT2D eigenvalue weighted by Crippen LogP contribution is -2.10. The SMILES string of the molecule is O=C(Nc1cc(C(F)F)ns1)c1cccc(O)c1. The maximum Gasteiger partial charge on any atom is 0.281 e. The Labute approximate surface area is 105 Å². The molecule has 0 atom stereocenters. The molecule has 94 valence electrons. The summed E-state index contributed by atoms with van der Waals surface area (Å²) in [5, 5.41) is 11.9. The Morgan fingerprint density at radius 1 is 1.39 bits per heavy atom. The normalized spacial score (nSPS) is 10.6. The number of aromatic nitrogens is 1. The van der Waals surface area contributed by atoms with E-state index in [4.69, 9.17) is 0 Å². The molecule has 2 N–H and O–H groups in total. The largest absolute Gasteiger partial charge is 0.508 e. The van der Waals surface area contributed by atoms with Gasteiger partial charge in [0.25, 0.3) is 12.3 Å². The summed E-state index contributed by atoms with van der Waals surface area (Å²) in [5.41, 5.74) is -0.131. The maximum atomic E-state index is 12.3. The third kappa shape index (κ3) is 2.80. The van der Waals surface area contributed by atoms with Crippen LogP contribution in [-0.4, -0.2) is 15.4 Å². The van der Waals surface area contributed by atoms with Crippen LogP contribution >= 0.6 is 11.5 Å². The number of carbonyl (C=O) groups excluding carboxylic acids is 1. The molecular weight excluding hydrogens is 262 g/mol. The second kappa shape index (κ2) is 5.09. The number of amides is 1. The molecule has 0 bridgehead atoms. The van der Waals surface area contributed by atoms with Gasteiger partial charge in [-0.2, -0.15) is 4.37 Å². The molecule has 0 aliphatic rings. The van der Waals surface area contributed by atoms with Gasteiger partial charge in [-0.3, -0.25) is 4.79 Å². The van der Waals surface area contributed by atoms with Gasteiger partial charge in [-0.1, -0.05) is 6.07 Å². The number of hydrogen-bond donors (Lipinski definition) is 2. The van der Waals surface area contributed by atoms with Gasteiger partial charge in [-0.25, -0.2) is 8.78 Å². The highest BCUT2D eigenvalue weighted by Crippen LogP contribution is 2.25. The molecule has 1 amide bonds. The molecule has 7 heteroatoms. The van der Waals surface area contributed by atoms with Crippen molar-refractivity contribution in [3.05, 3.63) is 41.6 Å². The first-order valence-corrected chi connectivity index (χ1v) is 5.69. The number of nitrogens with one attached hydrogen (secondary N) is 1. The molecule has 0 saturated carbocycles. The molecule has 1 aromatic carbocycles. The number of carbonyl (C=O) groups is 1. The van der Waals surface area contributed by atoms with Gasteiger partial charge in [-0.15, -0.1) is 0 Å². The van der Waals surface area contributed by atoms with Crippen molar-refractivity contribution in [3.8, 4) is 5.75 Å². The van der Waals surface area contributed by atoms with E-state index < -0.39 is 12.3 Å². The van der Waals surface area contributed by atoms with Crippen LogP contribution in [0.4, 0.5) is 13.8 Å². The first-order chi connectivity index (χ1) is 8.56. The van der Waals surface area contributed by atoms with Crippen LogP contribution in [0.25, 0.3) is 0 Å². The topological polar surface area (TPSA) is 62.2 Å². The lowest BCUT2D eigenvalue weighted by molar-refractivity contribution is 0.102. The molecule has 2 rings (SSSR count). The van der Waals surface area contributed by atoms with Crippen LogP contribution < -0.4 is 5.32 Å². The minimum Gasteiger partial charge on any atom is -0.508 e. The van der Waals surface area contributed by atoms with E-state index in [-0.39, 0.29) is 22.0 Å². The molecule has 1 aromatic heterocycles. The van der Waals surface area contributed by atoms with Crippen molar-refractivity contribution in [1.29, 1.82) is 0 Å². The fourth-order valence-electron chi connectivity index (χ4n) is 1.28. The number of nitrogens with zero attached hydrogens (tertiary/aromatic N) is 1. The first-order valence-electron chi connectivity index (χ1n) is 4.91. The van der Waals surface area contributed by atoms with Crippen LogP contribution in [0.5, 0.6) is 5.75 Å². The third-order valence-corrected chi connectivity index (χ3v) is 2.82. The Morgan fingerprint density at radius 2 is 2.17 bits per heavy atom. The standard InChI is InChI=1S/C11H8F2N2O2S/c12-10(13)8-5-9(18-15-8)14-11(17)6-2-1-3-7(16)4-6/h1-5,10,16H,(H,14,17). The molecule has 0 aliphatic carbocycles. The molecule has 0 fully saturated rings. The highest BCUT2D eigenvalue weighted by molar-refractivity contribution is 7.10. The summed E-state index contributed by atoms with van der Waals surface area (Å²) in [7, 11) is 0. The van der Waals surface area contributed by atoms with Gasteiger partial charge in [0.1, 0.15) is 16.4 Å². The van der Waals surface area contributed by atoms with Crippen LogP contribution in [0.15, 0.2) is 30.3 Å². The molecule has 0 unspecified atom stereocenters. The highest BCUT2D eigenvalue weighted by atomic mass is 32.1. The average molecular weight is 270 g/mol. The van der Waals surface area contributed by atoms with Gasteiger partial charge >= 0.3 is 0 Å². The number of aromatic hydroxyl groups is 1. The first kappa shape index (κ1) is 12.4. The summed E-state index contributed by atoms with van der Waals surface area (Å²) in [5.74, 6) is -0.532. The van der Waals surface area contributed by atoms with Gasteiger partial charge in [-0.05, 0) is 29.7 Å². The van der Waals surface area contributed by atoms with Crippen LogP contribution in [0.1, 0.15) is 22.5 Å². The number of anilines is 1. The molecule has 0 spiro atoms. The Kier molecular flexibility index (Phi) is 3.52. The summed E-state index contributed by atoms with van der Waals surface area (Å²) in [6, 6.07) is 6.85. The Hall–Kier alpha value is -2.02. The predicted octanol–water partition coefficient (Wildman–Crippen LogP) is 3.04. The van der Waals surface area contributed by atoms with Crippen molar-refractivity contribution < 1.29 is 18.7 Å². The summed E-state index contributed by atoms with van der Waals surface area (Å²) < 4.78 is 28.1. The van der Waals surface area contributed by atoms with Gasteiger partial charge in [0, 0.05) is 11.6 Å². The lowest BCUT2D eigenvalue weighted by atomic mass is 10.2. The predicted molar refractivity (Wildman–Crippen MR) is 63.1 cm³/mol.